The van der Waals surface area contributed by atoms with Gasteiger partial charge in [-0.15, -0.1) is 0 Å². The molecule has 1 aromatic carbocycles. The molecule has 1 nitrogen and oxygen atoms in total. The van der Waals surface area contributed by atoms with Crippen LogP contribution in [0.25, 0.3) is 0 Å². The number of halogens is 3. The minimum atomic E-state index is -0.328. The third-order valence-corrected chi connectivity index (χ3v) is 5.78. The van der Waals surface area contributed by atoms with Gasteiger partial charge in [0.25, 0.3) is 0 Å². The van der Waals surface area contributed by atoms with Gasteiger partial charge in [-0.25, -0.2) is 4.39 Å². The standard InChI is InChI=1S/C15H17BrClFO/c16-9-15(5-6-19-14(15)11-2-3-11)8-10-1-4-12(17)13(18)7-10/h1,4,7,11,14H,2-3,5-6,8-9H2. The number of hydrogen-bond acceptors (Lipinski definition) is 1. The van der Waals surface area contributed by atoms with E-state index in [2.05, 4.69) is 15.9 Å². The van der Waals surface area contributed by atoms with Crippen LogP contribution in [0.3, 0.4) is 0 Å². The van der Waals surface area contributed by atoms with Gasteiger partial charge in [0, 0.05) is 17.4 Å². The van der Waals surface area contributed by atoms with Crippen LogP contribution in [-0.2, 0) is 11.2 Å². The lowest BCUT2D eigenvalue weighted by Crippen LogP contribution is -2.36. The average Bonchev–Trinajstić information content (AvgIpc) is 3.16. The zero-order chi connectivity index (χ0) is 13.5. The summed E-state index contributed by atoms with van der Waals surface area (Å²) in [6, 6.07) is 5.14. The van der Waals surface area contributed by atoms with E-state index in [1.165, 1.54) is 12.8 Å². The fourth-order valence-electron chi connectivity index (χ4n) is 3.18. The summed E-state index contributed by atoms with van der Waals surface area (Å²) in [7, 11) is 0. The molecule has 4 heteroatoms. The summed E-state index contributed by atoms with van der Waals surface area (Å²) in [5.41, 5.74) is 1.12. The second kappa shape index (κ2) is 5.34. The number of alkyl halides is 1. The molecule has 19 heavy (non-hydrogen) atoms. The van der Waals surface area contributed by atoms with Crippen LogP contribution in [0.1, 0.15) is 24.8 Å². The SMILES string of the molecule is Fc1cc(CC2(CBr)CCOC2C2CC2)ccc1Cl. The van der Waals surface area contributed by atoms with E-state index in [4.69, 9.17) is 16.3 Å². The summed E-state index contributed by atoms with van der Waals surface area (Å²) in [5.74, 6) is 0.378. The van der Waals surface area contributed by atoms with E-state index in [1.54, 1.807) is 12.1 Å². The molecule has 0 radical (unpaired) electrons. The highest BCUT2D eigenvalue weighted by atomic mass is 79.9. The quantitative estimate of drug-likeness (QED) is 0.723. The second-order valence-corrected chi connectivity index (χ2v) is 6.77. The summed E-state index contributed by atoms with van der Waals surface area (Å²) in [4.78, 5) is 0. The highest BCUT2D eigenvalue weighted by Gasteiger charge is 2.50. The van der Waals surface area contributed by atoms with Gasteiger partial charge in [-0.1, -0.05) is 33.6 Å². The monoisotopic (exact) mass is 346 g/mol. The van der Waals surface area contributed by atoms with Crippen molar-refractivity contribution in [1.82, 2.24) is 0 Å². The van der Waals surface area contributed by atoms with Crippen molar-refractivity contribution >= 4 is 27.5 Å². The molecule has 1 aliphatic heterocycles. The Morgan fingerprint density at radius 1 is 1.42 bits per heavy atom. The number of rotatable bonds is 4. The summed E-state index contributed by atoms with van der Waals surface area (Å²) in [6.45, 7) is 0.822. The Balaban J connectivity index is 1.83. The van der Waals surface area contributed by atoms with Gasteiger partial charge in [0.1, 0.15) is 5.82 Å². The molecular formula is C15H17BrClFO. The van der Waals surface area contributed by atoms with Gasteiger partial charge in [0.15, 0.2) is 0 Å². The van der Waals surface area contributed by atoms with Crippen LogP contribution < -0.4 is 0 Å². The Hall–Kier alpha value is -0.120. The van der Waals surface area contributed by atoms with Gasteiger partial charge in [0.2, 0.25) is 0 Å². The van der Waals surface area contributed by atoms with Gasteiger partial charge in [-0.2, -0.15) is 0 Å². The normalized spacial score (nSPS) is 30.8. The molecule has 1 heterocycles. The Bertz CT molecular complexity index is 477. The van der Waals surface area contributed by atoms with Crippen molar-refractivity contribution in [2.24, 2.45) is 11.3 Å². The fourth-order valence-corrected chi connectivity index (χ4v) is 4.09. The molecule has 0 bridgehead atoms. The molecule has 1 aliphatic carbocycles. The minimum Gasteiger partial charge on any atom is -0.377 e. The molecule has 2 unspecified atom stereocenters. The van der Waals surface area contributed by atoms with Crippen molar-refractivity contribution in [1.29, 1.82) is 0 Å². The molecule has 0 spiro atoms. The van der Waals surface area contributed by atoms with Crippen molar-refractivity contribution < 1.29 is 9.13 Å². The van der Waals surface area contributed by atoms with E-state index in [-0.39, 0.29) is 16.3 Å². The molecule has 2 fully saturated rings. The van der Waals surface area contributed by atoms with Gasteiger partial charge >= 0.3 is 0 Å². The van der Waals surface area contributed by atoms with Crippen LogP contribution in [0.4, 0.5) is 4.39 Å². The van der Waals surface area contributed by atoms with E-state index < -0.39 is 0 Å². The molecule has 0 aromatic heterocycles. The van der Waals surface area contributed by atoms with E-state index in [0.717, 1.165) is 30.3 Å². The first-order valence-corrected chi connectivity index (χ1v) is 8.26. The molecule has 0 amide bonds. The smallest absolute Gasteiger partial charge is 0.142 e. The molecule has 104 valence electrons. The first-order chi connectivity index (χ1) is 9.14. The molecule has 2 atom stereocenters. The van der Waals surface area contributed by atoms with Gasteiger partial charge in [-0.05, 0) is 49.3 Å². The van der Waals surface area contributed by atoms with Crippen molar-refractivity contribution in [3.63, 3.8) is 0 Å². The predicted molar refractivity (Wildman–Crippen MR) is 78.4 cm³/mol. The Morgan fingerprint density at radius 3 is 2.84 bits per heavy atom. The van der Waals surface area contributed by atoms with Crippen LogP contribution in [-0.4, -0.2) is 18.0 Å². The largest absolute Gasteiger partial charge is 0.377 e. The van der Waals surface area contributed by atoms with E-state index in [9.17, 15) is 4.39 Å². The highest BCUT2D eigenvalue weighted by Crippen LogP contribution is 2.50. The third kappa shape index (κ3) is 2.70. The molecule has 1 aromatic rings. The molecule has 1 saturated heterocycles. The molecule has 3 rings (SSSR count). The van der Waals surface area contributed by atoms with Crippen LogP contribution in [0.2, 0.25) is 5.02 Å². The number of hydrogen-bond donors (Lipinski definition) is 0. The Labute approximate surface area is 126 Å². The third-order valence-electron chi connectivity index (χ3n) is 4.36. The summed E-state index contributed by atoms with van der Waals surface area (Å²) in [5, 5.41) is 1.10. The fraction of sp³-hybridized carbons (Fsp3) is 0.600. The molecule has 0 N–H and O–H groups in total. The summed E-state index contributed by atoms with van der Waals surface area (Å²) < 4.78 is 19.5. The van der Waals surface area contributed by atoms with Crippen molar-refractivity contribution in [3.8, 4) is 0 Å². The van der Waals surface area contributed by atoms with Crippen molar-refractivity contribution in [2.45, 2.75) is 31.8 Å². The maximum Gasteiger partial charge on any atom is 0.142 e. The second-order valence-electron chi connectivity index (χ2n) is 5.80. The van der Waals surface area contributed by atoms with E-state index >= 15 is 0 Å². The topological polar surface area (TPSA) is 9.23 Å². The van der Waals surface area contributed by atoms with E-state index in [1.807, 2.05) is 6.07 Å². The van der Waals surface area contributed by atoms with Crippen LogP contribution in [0.5, 0.6) is 0 Å². The average molecular weight is 348 g/mol. The Kier molecular flexibility index (Phi) is 3.89. The Morgan fingerprint density at radius 2 is 2.21 bits per heavy atom. The first-order valence-electron chi connectivity index (χ1n) is 6.76. The number of benzene rings is 1. The lowest BCUT2D eigenvalue weighted by Gasteiger charge is -2.32. The maximum absolute atomic E-state index is 13.6. The zero-order valence-corrected chi connectivity index (χ0v) is 13.0. The van der Waals surface area contributed by atoms with Crippen LogP contribution >= 0.6 is 27.5 Å². The lowest BCUT2D eigenvalue weighted by atomic mass is 9.76. The van der Waals surface area contributed by atoms with E-state index in [0.29, 0.717) is 12.0 Å². The van der Waals surface area contributed by atoms with Gasteiger partial charge in [0.05, 0.1) is 11.1 Å². The van der Waals surface area contributed by atoms with Crippen LogP contribution in [0.15, 0.2) is 18.2 Å². The summed E-state index contributed by atoms with van der Waals surface area (Å²) >= 11 is 9.41. The zero-order valence-electron chi connectivity index (χ0n) is 10.7. The molecule has 2 aliphatic rings. The number of ether oxygens (including phenoxy) is 1. The molecular weight excluding hydrogens is 331 g/mol. The molecule has 1 saturated carbocycles. The van der Waals surface area contributed by atoms with Crippen molar-refractivity contribution in [2.75, 3.05) is 11.9 Å². The van der Waals surface area contributed by atoms with Gasteiger partial charge < -0.3 is 4.74 Å². The minimum absolute atomic E-state index is 0.113. The summed E-state index contributed by atoms with van der Waals surface area (Å²) in [6.07, 6.45) is 4.77. The van der Waals surface area contributed by atoms with Crippen molar-refractivity contribution in [3.05, 3.63) is 34.6 Å². The maximum atomic E-state index is 13.6. The van der Waals surface area contributed by atoms with Crippen LogP contribution in [0, 0.1) is 17.2 Å². The van der Waals surface area contributed by atoms with Gasteiger partial charge in [-0.3, -0.25) is 0 Å². The lowest BCUT2D eigenvalue weighted by molar-refractivity contribution is 0.0413. The predicted octanol–water partition coefficient (Wildman–Crippen LogP) is 4.60. The highest BCUT2D eigenvalue weighted by molar-refractivity contribution is 9.09. The first kappa shape index (κ1) is 13.8.